The van der Waals surface area contributed by atoms with E-state index in [0.717, 1.165) is 5.56 Å². The maximum Gasteiger partial charge on any atom is 0.234 e. The van der Waals surface area contributed by atoms with Crippen LogP contribution in [0.3, 0.4) is 0 Å². The van der Waals surface area contributed by atoms with Crippen LogP contribution in [0, 0.1) is 11.6 Å². The summed E-state index contributed by atoms with van der Waals surface area (Å²) in [6, 6.07) is 10.3. The van der Waals surface area contributed by atoms with Crippen LogP contribution in [-0.4, -0.2) is 11.9 Å². The molecule has 0 spiro atoms. The van der Waals surface area contributed by atoms with E-state index < -0.39 is 23.6 Å². The van der Waals surface area contributed by atoms with Crippen molar-refractivity contribution in [2.45, 2.75) is 26.1 Å². The lowest BCUT2D eigenvalue weighted by atomic mass is 10.2. The molecule has 3 N–H and O–H groups in total. The normalized spacial score (nSPS) is 12.0. The second kappa shape index (κ2) is 7.69. The predicted octanol–water partition coefficient (Wildman–Crippen LogP) is 2.51. The summed E-state index contributed by atoms with van der Waals surface area (Å²) in [5.41, 5.74) is 5.99. The average Bonchev–Trinajstić information content (AvgIpc) is 2.53. The molecule has 0 aromatic heterocycles. The van der Waals surface area contributed by atoms with E-state index in [-0.39, 0.29) is 12.2 Å². The van der Waals surface area contributed by atoms with Crippen molar-refractivity contribution >= 4 is 5.91 Å². The van der Waals surface area contributed by atoms with Crippen molar-refractivity contribution in [1.82, 2.24) is 5.32 Å². The Bertz CT molecular complexity index is 655. The Morgan fingerprint density at radius 1 is 1.17 bits per heavy atom. The zero-order valence-electron chi connectivity index (χ0n) is 12.7. The molecule has 2 rings (SSSR count). The van der Waals surface area contributed by atoms with Gasteiger partial charge in [-0.2, -0.15) is 0 Å². The molecule has 0 saturated carbocycles. The van der Waals surface area contributed by atoms with Gasteiger partial charge in [-0.15, -0.1) is 0 Å². The third-order valence-electron chi connectivity index (χ3n) is 3.41. The molecule has 0 aliphatic rings. The number of halogens is 2. The molecule has 0 saturated heterocycles. The van der Waals surface area contributed by atoms with Crippen molar-refractivity contribution in [3.63, 3.8) is 0 Å². The molecule has 1 atom stereocenters. The Labute approximate surface area is 133 Å². The van der Waals surface area contributed by atoms with Crippen LogP contribution in [0.5, 0.6) is 5.75 Å². The lowest BCUT2D eigenvalue weighted by Crippen LogP contribution is -2.38. The highest BCUT2D eigenvalue weighted by molar-refractivity contribution is 5.79. The molecule has 0 aliphatic carbocycles. The first kappa shape index (κ1) is 16.9. The van der Waals surface area contributed by atoms with Gasteiger partial charge in [-0.3, -0.25) is 4.79 Å². The smallest absolute Gasteiger partial charge is 0.234 e. The summed E-state index contributed by atoms with van der Waals surface area (Å²) < 4.78 is 32.4. The summed E-state index contributed by atoms with van der Waals surface area (Å²) in [7, 11) is 0. The Hall–Kier alpha value is -2.47. The Morgan fingerprint density at radius 2 is 1.78 bits per heavy atom. The van der Waals surface area contributed by atoms with E-state index in [0.29, 0.717) is 12.3 Å². The Balaban J connectivity index is 1.91. The van der Waals surface area contributed by atoms with Gasteiger partial charge in [0, 0.05) is 6.54 Å². The summed E-state index contributed by atoms with van der Waals surface area (Å²) >= 11 is 0. The van der Waals surface area contributed by atoms with E-state index in [1.165, 1.54) is 18.2 Å². The van der Waals surface area contributed by atoms with E-state index >= 15 is 0 Å². The maximum absolute atomic E-state index is 13.5. The van der Waals surface area contributed by atoms with E-state index in [1.54, 1.807) is 31.2 Å². The van der Waals surface area contributed by atoms with E-state index in [2.05, 4.69) is 5.32 Å². The Morgan fingerprint density at radius 3 is 2.35 bits per heavy atom. The fourth-order valence-corrected chi connectivity index (χ4v) is 1.90. The summed E-state index contributed by atoms with van der Waals surface area (Å²) in [5, 5.41) is 2.98. The molecular formula is C17H18F2N2O2. The second-order valence-corrected chi connectivity index (χ2v) is 5.14. The number of hydrogen-bond acceptors (Lipinski definition) is 3. The fraction of sp³-hybridized carbons (Fsp3) is 0.235. The van der Waals surface area contributed by atoms with Gasteiger partial charge in [-0.25, -0.2) is 8.78 Å². The molecule has 0 bridgehead atoms. The van der Waals surface area contributed by atoms with Crippen LogP contribution >= 0.6 is 0 Å². The molecule has 1 unspecified atom stereocenters. The number of amides is 1. The molecule has 1 amide bonds. The van der Waals surface area contributed by atoms with Crippen molar-refractivity contribution in [3.05, 3.63) is 65.2 Å². The molecule has 23 heavy (non-hydrogen) atoms. The fourth-order valence-electron chi connectivity index (χ4n) is 1.90. The molecule has 2 aromatic rings. The third-order valence-corrected chi connectivity index (χ3v) is 3.41. The SMILES string of the molecule is CC(NCc1ccc(OCc2c(F)cccc2F)cc1)C(N)=O. The first-order chi connectivity index (χ1) is 11.0. The first-order valence-electron chi connectivity index (χ1n) is 7.14. The number of carbonyl (C=O) groups excluding carboxylic acids is 1. The van der Waals surface area contributed by atoms with Crippen LogP contribution in [-0.2, 0) is 17.9 Å². The number of hydrogen-bond donors (Lipinski definition) is 2. The zero-order valence-corrected chi connectivity index (χ0v) is 12.7. The van der Waals surface area contributed by atoms with Gasteiger partial charge in [0.15, 0.2) is 0 Å². The van der Waals surface area contributed by atoms with E-state index in [1.807, 2.05) is 0 Å². The molecule has 0 aliphatic heterocycles. The maximum atomic E-state index is 13.5. The van der Waals surface area contributed by atoms with Crippen LogP contribution in [0.4, 0.5) is 8.78 Å². The van der Waals surface area contributed by atoms with Crippen molar-refractivity contribution in [2.75, 3.05) is 0 Å². The summed E-state index contributed by atoms with van der Waals surface area (Å²) in [5.74, 6) is -1.19. The third kappa shape index (κ3) is 4.75. The summed E-state index contributed by atoms with van der Waals surface area (Å²) in [6.07, 6.45) is 0. The molecule has 4 nitrogen and oxygen atoms in total. The quantitative estimate of drug-likeness (QED) is 0.824. The number of nitrogens with two attached hydrogens (primary N) is 1. The molecular weight excluding hydrogens is 302 g/mol. The lowest BCUT2D eigenvalue weighted by Gasteiger charge is -2.11. The predicted molar refractivity (Wildman–Crippen MR) is 82.6 cm³/mol. The highest BCUT2D eigenvalue weighted by Gasteiger charge is 2.09. The highest BCUT2D eigenvalue weighted by atomic mass is 19.1. The zero-order chi connectivity index (χ0) is 16.8. The van der Waals surface area contributed by atoms with Gasteiger partial charge in [0.1, 0.15) is 24.0 Å². The van der Waals surface area contributed by atoms with Crippen molar-refractivity contribution in [1.29, 1.82) is 0 Å². The van der Waals surface area contributed by atoms with E-state index in [9.17, 15) is 13.6 Å². The number of carbonyl (C=O) groups is 1. The van der Waals surface area contributed by atoms with E-state index in [4.69, 9.17) is 10.5 Å². The van der Waals surface area contributed by atoms with Gasteiger partial charge in [0.05, 0.1) is 11.6 Å². The van der Waals surface area contributed by atoms with Gasteiger partial charge < -0.3 is 15.8 Å². The first-order valence-corrected chi connectivity index (χ1v) is 7.14. The van der Waals surface area contributed by atoms with Gasteiger partial charge >= 0.3 is 0 Å². The van der Waals surface area contributed by atoms with Crippen LogP contribution in [0.15, 0.2) is 42.5 Å². The summed E-state index contributed by atoms with van der Waals surface area (Å²) in [6.45, 7) is 1.98. The largest absolute Gasteiger partial charge is 0.489 e. The number of nitrogens with one attached hydrogen (secondary N) is 1. The van der Waals surface area contributed by atoms with Crippen LogP contribution in [0.25, 0.3) is 0 Å². The minimum Gasteiger partial charge on any atom is -0.489 e. The van der Waals surface area contributed by atoms with Gasteiger partial charge in [-0.05, 0) is 36.8 Å². The minimum atomic E-state index is -0.633. The van der Waals surface area contributed by atoms with Gasteiger partial charge in [0.2, 0.25) is 5.91 Å². The molecule has 0 radical (unpaired) electrons. The summed E-state index contributed by atoms with van der Waals surface area (Å²) in [4.78, 5) is 10.9. The number of benzene rings is 2. The van der Waals surface area contributed by atoms with Crippen molar-refractivity contribution < 1.29 is 18.3 Å². The minimum absolute atomic E-state index is 0.103. The molecule has 0 fully saturated rings. The second-order valence-electron chi connectivity index (χ2n) is 5.14. The van der Waals surface area contributed by atoms with Crippen LogP contribution in [0.1, 0.15) is 18.1 Å². The topological polar surface area (TPSA) is 64.3 Å². The molecule has 2 aromatic carbocycles. The molecule has 122 valence electrons. The van der Waals surface area contributed by atoms with Gasteiger partial charge in [-0.1, -0.05) is 18.2 Å². The lowest BCUT2D eigenvalue weighted by molar-refractivity contribution is -0.119. The number of primary amides is 1. The standard InChI is InChI=1S/C17H18F2N2O2/c1-11(17(20)22)21-9-12-5-7-13(8-6-12)23-10-14-15(18)3-2-4-16(14)19/h2-8,11,21H,9-10H2,1H3,(H2,20,22). The molecule has 0 heterocycles. The highest BCUT2D eigenvalue weighted by Crippen LogP contribution is 2.17. The monoisotopic (exact) mass is 320 g/mol. The van der Waals surface area contributed by atoms with Crippen molar-refractivity contribution in [3.8, 4) is 5.75 Å². The van der Waals surface area contributed by atoms with Crippen molar-refractivity contribution in [2.24, 2.45) is 5.73 Å². The average molecular weight is 320 g/mol. The molecule has 6 heteroatoms. The Kier molecular flexibility index (Phi) is 5.65. The van der Waals surface area contributed by atoms with Gasteiger partial charge in [0.25, 0.3) is 0 Å². The van der Waals surface area contributed by atoms with Crippen LogP contribution < -0.4 is 15.8 Å². The van der Waals surface area contributed by atoms with Crippen LogP contribution in [0.2, 0.25) is 0 Å². The number of ether oxygens (including phenoxy) is 1. The number of rotatable bonds is 7.